The topological polar surface area (TPSA) is 32.3 Å². The number of rotatable bonds is 2. The predicted octanol–water partition coefficient (Wildman–Crippen LogP) is 2.65. The number of hydrogen-bond donors (Lipinski definition) is 1. The third kappa shape index (κ3) is 2.89. The summed E-state index contributed by atoms with van der Waals surface area (Å²) in [7, 11) is 0. The molecule has 0 saturated carbocycles. The van der Waals surface area contributed by atoms with Crippen molar-refractivity contribution in [3.8, 4) is 0 Å². The van der Waals surface area contributed by atoms with Gasteiger partial charge in [0.1, 0.15) is 0 Å². The van der Waals surface area contributed by atoms with Gasteiger partial charge in [0, 0.05) is 24.7 Å². The van der Waals surface area contributed by atoms with E-state index >= 15 is 0 Å². The lowest BCUT2D eigenvalue weighted by Gasteiger charge is -2.16. The van der Waals surface area contributed by atoms with Crippen molar-refractivity contribution >= 4 is 17.6 Å². The van der Waals surface area contributed by atoms with Gasteiger partial charge in [-0.15, -0.1) is 0 Å². The molecule has 1 aromatic rings. The maximum absolute atomic E-state index is 11.7. The molecule has 1 aliphatic heterocycles. The first-order chi connectivity index (χ1) is 7.75. The molecule has 1 aliphatic rings. The quantitative estimate of drug-likeness (QED) is 0.844. The number of nitrogens with zero attached hydrogens (tertiary/aromatic N) is 1. The minimum absolute atomic E-state index is 0.0347. The van der Waals surface area contributed by atoms with Crippen molar-refractivity contribution in [2.75, 3.05) is 13.1 Å². The van der Waals surface area contributed by atoms with E-state index in [4.69, 9.17) is 11.6 Å². The van der Waals surface area contributed by atoms with E-state index in [0.29, 0.717) is 6.54 Å². The second-order valence-electron chi connectivity index (χ2n) is 3.98. The van der Waals surface area contributed by atoms with Crippen LogP contribution in [0.15, 0.2) is 24.3 Å². The Hall–Kier alpha value is -1.22. The Morgan fingerprint density at radius 3 is 2.50 bits per heavy atom. The molecular formula is C12H15ClN2O. The van der Waals surface area contributed by atoms with Gasteiger partial charge in [0.05, 0.1) is 0 Å². The summed E-state index contributed by atoms with van der Waals surface area (Å²) in [6.07, 6.45) is 2.24. The number of likely N-dealkylation sites (tertiary alicyclic amines) is 1. The van der Waals surface area contributed by atoms with Crippen molar-refractivity contribution in [2.45, 2.75) is 19.4 Å². The molecule has 2 rings (SSSR count). The predicted molar refractivity (Wildman–Crippen MR) is 64.5 cm³/mol. The van der Waals surface area contributed by atoms with Gasteiger partial charge in [0.15, 0.2) is 0 Å². The largest absolute Gasteiger partial charge is 0.334 e. The molecule has 86 valence electrons. The summed E-state index contributed by atoms with van der Waals surface area (Å²) in [6.45, 7) is 2.32. The number of carbonyl (C=O) groups excluding carboxylic acids is 1. The normalized spacial score (nSPS) is 15.2. The first-order valence-corrected chi connectivity index (χ1v) is 5.91. The molecule has 0 spiro atoms. The minimum atomic E-state index is 0.0347. The lowest BCUT2D eigenvalue weighted by atomic mass is 10.2. The Morgan fingerprint density at radius 2 is 1.88 bits per heavy atom. The maximum atomic E-state index is 11.7. The van der Waals surface area contributed by atoms with Crippen LogP contribution < -0.4 is 5.32 Å². The lowest BCUT2D eigenvalue weighted by Crippen LogP contribution is -2.37. The number of halogens is 1. The Labute approximate surface area is 100 Å². The molecule has 1 N–H and O–H groups in total. The highest BCUT2D eigenvalue weighted by atomic mass is 35.5. The Morgan fingerprint density at radius 1 is 1.25 bits per heavy atom. The number of nitrogens with one attached hydrogen (secondary N) is 1. The van der Waals surface area contributed by atoms with Crippen LogP contribution in [0.3, 0.4) is 0 Å². The number of carbonyl (C=O) groups is 1. The number of amides is 2. The fourth-order valence-electron chi connectivity index (χ4n) is 1.81. The second-order valence-corrected chi connectivity index (χ2v) is 4.42. The molecule has 4 heteroatoms. The molecule has 2 amide bonds. The monoisotopic (exact) mass is 238 g/mol. The SMILES string of the molecule is O=C(NCc1ccc(Cl)cc1)N1CCCC1. The Balaban J connectivity index is 1.82. The van der Waals surface area contributed by atoms with Crippen molar-refractivity contribution in [3.05, 3.63) is 34.9 Å². The van der Waals surface area contributed by atoms with Crippen LogP contribution in [0.1, 0.15) is 18.4 Å². The van der Waals surface area contributed by atoms with Crippen LogP contribution in [-0.2, 0) is 6.54 Å². The molecule has 0 unspecified atom stereocenters. The highest BCUT2D eigenvalue weighted by Crippen LogP contribution is 2.10. The van der Waals surface area contributed by atoms with E-state index in [1.807, 2.05) is 29.2 Å². The van der Waals surface area contributed by atoms with Crippen LogP contribution in [0.2, 0.25) is 5.02 Å². The standard InChI is InChI=1S/C12H15ClN2O/c13-11-5-3-10(4-6-11)9-14-12(16)15-7-1-2-8-15/h3-6H,1-2,7-9H2,(H,14,16). The van der Waals surface area contributed by atoms with Gasteiger partial charge in [-0.2, -0.15) is 0 Å². The van der Waals surface area contributed by atoms with Gasteiger partial charge in [-0.1, -0.05) is 23.7 Å². The molecule has 1 heterocycles. The van der Waals surface area contributed by atoms with Crippen LogP contribution in [0.25, 0.3) is 0 Å². The molecule has 0 bridgehead atoms. The zero-order valence-corrected chi connectivity index (χ0v) is 9.83. The van der Waals surface area contributed by atoms with Crippen molar-refractivity contribution in [3.63, 3.8) is 0 Å². The summed E-state index contributed by atoms with van der Waals surface area (Å²) in [4.78, 5) is 13.5. The van der Waals surface area contributed by atoms with E-state index in [0.717, 1.165) is 36.5 Å². The van der Waals surface area contributed by atoms with Crippen molar-refractivity contribution < 1.29 is 4.79 Å². The highest BCUT2D eigenvalue weighted by molar-refractivity contribution is 6.30. The molecule has 0 radical (unpaired) electrons. The van der Waals surface area contributed by atoms with Gasteiger partial charge in [-0.25, -0.2) is 4.79 Å². The van der Waals surface area contributed by atoms with Gasteiger partial charge in [0.2, 0.25) is 0 Å². The highest BCUT2D eigenvalue weighted by Gasteiger charge is 2.16. The Kier molecular flexibility index (Phi) is 3.67. The molecule has 1 fully saturated rings. The zero-order chi connectivity index (χ0) is 11.4. The van der Waals surface area contributed by atoms with E-state index in [2.05, 4.69) is 5.32 Å². The maximum Gasteiger partial charge on any atom is 0.317 e. The molecule has 1 saturated heterocycles. The van der Waals surface area contributed by atoms with Crippen molar-refractivity contribution in [1.82, 2.24) is 10.2 Å². The fraction of sp³-hybridized carbons (Fsp3) is 0.417. The summed E-state index contributed by atoms with van der Waals surface area (Å²) in [6, 6.07) is 7.55. The van der Waals surface area contributed by atoms with Crippen LogP contribution in [0.4, 0.5) is 4.79 Å². The summed E-state index contributed by atoms with van der Waals surface area (Å²) in [5.41, 5.74) is 1.07. The van der Waals surface area contributed by atoms with E-state index in [1.54, 1.807) is 0 Å². The van der Waals surface area contributed by atoms with Crippen LogP contribution in [0.5, 0.6) is 0 Å². The second kappa shape index (κ2) is 5.21. The van der Waals surface area contributed by atoms with Crippen molar-refractivity contribution in [1.29, 1.82) is 0 Å². The number of urea groups is 1. The molecule has 1 aromatic carbocycles. The first-order valence-electron chi connectivity index (χ1n) is 5.53. The minimum Gasteiger partial charge on any atom is -0.334 e. The molecule has 0 aliphatic carbocycles. The smallest absolute Gasteiger partial charge is 0.317 e. The van der Waals surface area contributed by atoms with Gasteiger partial charge in [0.25, 0.3) is 0 Å². The first kappa shape index (κ1) is 11.3. The summed E-state index contributed by atoms with van der Waals surface area (Å²) >= 11 is 5.78. The average Bonchev–Trinajstić information content (AvgIpc) is 2.81. The van der Waals surface area contributed by atoms with E-state index in [1.165, 1.54) is 0 Å². The van der Waals surface area contributed by atoms with E-state index in [9.17, 15) is 4.79 Å². The van der Waals surface area contributed by atoms with Crippen LogP contribution in [0, 0.1) is 0 Å². The van der Waals surface area contributed by atoms with E-state index in [-0.39, 0.29) is 6.03 Å². The van der Waals surface area contributed by atoms with Crippen molar-refractivity contribution in [2.24, 2.45) is 0 Å². The average molecular weight is 239 g/mol. The fourth-order valence-corrected chi connectivity index (χ4v) is 1.94. The summed E-state index contributed by atoms with van der Waals surface area (Å²) in [5, 5.41) is 3.62. The van der Waals surface area contributed by atoms with Gasteiger partial charge in [-0.3, -0.25) is 0 Å². The number of benzene rings is 1. The summed E-state index contributed by atoms with van der Waals surface area (Å²) in [5.74, 6) is 0. The molecule has 3 nitrogen and oxygen atoms in total. The van der Waals surface area contributed by atoms with Crippen LogP contribution in [-0.4, -0.2) is 24.0 Å². The molecule has 0 atom stereocenters. The van der Waals surface area contributed by atoms with Crippen LogP contribution >= 0.6 is 11.6 Å². The molecule has 0 aromatic heterocycles. The summed E-state index contributed by atoms with van der Waals surface area (Å²) < 4.78 is 0. The molecule has 16 heavy (non-hydrogen) atoms. The third-order valence-corrected chi connectivity index (χ3v) is 3.00. The van der Waals surface area contributed by atoms with Gasteiger partial charge >= 0.3 is 6.03 Å². The van der Waals surface area contributed by atoms with E-state index < -0.39 is 0 Å². The van der Waals surface area contributed by atoms with Gasteiger partial charge in [-0.05, 0) is 30.5 Å². The van der Waals surface area contributed by atoms with Gasteiger partial charge < -0.3 is 10.2 Å². The third-order valence-electron chi connectivity index (χ3n) is 2.75. The lowest BCUT2D eigenvalue weighted by molar-refractivity contribution is 0.208. The Bertz CT molecular complexity index is 358. The molecular weight excluding hydrogens is 224 g/mol. The zero-order valence-electron chi connectivity index (χ0n) is 9.08. The number of hydrogen-bond acceptors (Lipinski definition) is 1.